The molecule has 1 aromatic carbocycles. The number of carbonyl (C=O) groups excluding carboxylic acids is 1. The largest absolute Gasteiger partial charge is 0.481 e. The van der Waals surface area contributed by atoms with Crippen molar-refractivity contribution >= 4 is 27.8 Å². The van der Waals surface area contributed by atoms with Crippen LogP contribution in [0, 0.1) is 12.8 Å². The van der Waals surface area contributed by atoms with Gasteiger partial charge < -0.3 is 14.7 Å². The molecule has 1 unspecified atom stereocenters. The molecule has 1 rings (SSSR count). The highest BCUT2D eigenvalue weighted by molar-refractivity contribution is 9.10. The average Bonchev–Trinajstić information content (AvgIpc) is 2.51. The first-order chi connectivity index (χ1) is 10.9. The molecule has 128 valence electrons. The number of hydrogen-bond acceptors (Lipinski definition) is 3. The number of ether oxygens (including phenoxy) is 1. The Balaban J connectivity index is 2.89. The highest BCUT2D eigenvalue weighted by Gasteiger charge is 2.22. The van der Waals surface area contributed by atoms with E-state index in [-0.39, 0.29) is 12.5 Å². The van der Waals surface area contributed by atoms with E-state index in [1.54, 1.807) is 17.9 Å². The molecule has 0 spiro atoms. The minimum absolute atomic E-state index is 0.145. The van der Waals surface area contributed by atoms with Gasteiger partial charge in [-0.2, -0.15) is 0 Å². The summed E-state index contributed by atoms with van der Waals surface area (Å²) < 4.78 is 6.13. The van der Waals surface area contributed by atoms with Crippen LogP contribution in [0.3, 0.4) is 0 Å². The van der Waals surface area contributed by atoms with E-state index >= 15 is 0 Å². The summed E-state index contributed by atoms with van der Waals surface area (Å²) in [7, 11) is 0. The van der Waals surface area contributed by atoms with Crippen LogP contribution in [0.25, 0.3) is 0 Å². The fourth-order valence-electron chi connectivity index (χ4n) is 2.18. The van der Waals surface area contributed by atoms with E-state index in [0.29, 0.717) is 31.7 Å². The fraction of sp³-hybridized carbons (Fsp3) is 0.529. The minimum Gasteiger partial charge on any atom is -0.481 e. The second kappa shape index (κ2) is 9.67. The fourth-order valence-corrected chi connectivity index (χ4v) is 2.54. The molecule has 0 saturated carbocycles. The van der Waals surface area contributed by atoms with E-state index in [2.05, 4.69) is 15.9 Å². The Labute approximate surface area is 145 Å². The van der Waals surface area contributed by atoms with Crippen molar-refractivity contribution in [1.82, 2.24) is 4.90 Å². The molecule has 6 heteroatoms. The van der Waals surface area contributed by atoms with E-state index < -0.39 is 11.9 Å². The number of carbonyl (C=O) groups is 2. The van der Waals surface area contributed by atoms with Gasteiger partial charge in [0.2, 0.25) is 0 Å². The topological polar surface area (TPSA) is 66.8 Å². The zero-order valence-electron chi connectivity index (χ0n) is 13.8. The molecular weight excluding hydrogens is 362 g/mol. The Hall–Kier alpha value is -1.40. The van der Waals surface area contributed by atoms with Crippen molar-refractivity contribution in [2.75, 3.05) is 26.3 Å². The van der Waals surface area contributed by atoms with Crippen molar-refractivity contribution in [3.8, 4) is 0 Å². The number of carboxylic acids is 1. The lowest BCUT2D eigenvalue weighted by atomic mass is 10.1. The summed E-state index contributed by atoms with van der Waals surface area (Å²) >= 11 is 3.38. The van der Waals surface area contributed by atoms with Gasteiger partial charge in [0.15, 0.2) is 0 Å². The molecule has 1 amide bonds. The predicted molar refractivity (Wildman–Crippen MR) is 92.7 cm³/mol. The minimum atomic E-state index is -0.904. The van der Waals surface area contributed by atoms with Gasteiger partial charge in [0, 0.05) is 36.3 Å². The van der Waals surface area contributed by atoms with Crippen molar-refractivity contribution in [2.24, 2.45) is 5.92 Å². The molecule has 0 radical (unpaired) electrons. The quantitative estimate of drug-likeness (QED) is 0.661. The van der Waals surface area contributed by atoms with E-state index in [4.69, 9.17) is 9.84 Å². The van der Waals surface area contributed by atoms with Crippen LogP contribution in [-0.2, 0) is 9.53 Å². The molecule has 0 saturated heterocycles. The Morgan fingerprint density at radius 1 is 1.39 bits per heavy atom. The van der Waals surface area contributed by atoms with Crippen LogP contribution in [0.5, 0.6) is 0 Å². The number of carboxylic acid groups (broad SMARTS) is 1. The van der Waals surface area contributed by atoms with E-state index in [9.17, 15) is 9.59 Å². The molecule has 0 heterocycles. The molecule has 1 N–H and O–H groups in total. The molecule has 0 bridgehead atoms. The first-order valence-electron chi connectivity index (χ1n) is 7.72. The summed E-state index contributed by atoms with van der Waals surface area (Å²) in [4.78, 5) is 25.5. The number of hydrogen-bond donors (Lipinski definition) is 1. The standard InChI is InChI=1S/C17H24BrNO4/c1-4-23-9-5-8-19(11-13(3)17(21)22)16(20)15-10-14(18)7-6-12(15)2/h6-7,10,13H,4-5,8-9,11H2,1-3H3,(H,21,22). The number of benzene rings is 1. The lowest BCUT2D eigenvalue weighted by molar-refractivity contribution is -0.141. The molecule has 0 aliphatic carbocycles. The summed E-state index contributed by atoms with van der Waals surface area (Å²) in [6, 6.07) is 5.53. The number of nitrogens with zero attached hydrogens (tertiary/aromatic N) is 1. The van der Waals surface area contributed by atoms with Gasteiger partial charge in [0.25, 0.3) is 5.91 Å². The van der Waals surface area contributed by atoms with Crippen LogP contribution in [-0.4, -0.2) is 48.2 Å². The monoisotopic (exact) mass is 385 g/mol. The van der Waals surface area contributed by atoms with E-state index in [0.717, 1.165) is 10.0 Å². The second-order valence-electron chi connectivity index (χ2n) is 5.50. The molecular formula is C17H24BrNO4. The molecule has 23 heavy (non-hydrogen) atoms. The van der Waals surface area contributed by atoms with Crippen molar-refractivity contribution in [3.05, 3.63) is 33.8 Å². The van der Waals surface area contributed by atoms with Gasteiger partial charge in [-0.15, -0.1) is 0 Å². The van der Waals surface area contributed by atoms with Crippen LogP contribution in [0.15, 0.2) is 22.7 Å². The Bertz CT molecular complexity index is 547. The first-order valence-corrected chi connectivity index (χ1v) is 8.52. The predicted octanol–water partition coefficient (Wildman–Crippen LogP) is 3.35. The summed E-state index contributed by atoms with van der Waals surface area (Å²) in [5.74, 6) is -1.66. The average molecular weight is 386 g/mol. The Morgan fingerprint density at radius 3 is 2.70 bits per heavy atom. The van der Waals surface area contributed by atoms with Gasteiger partial charge in [0.1, 0.15) is 0 Å². The third kappa shape index (κ3) is 6.31. The molecule has 1 aromatic rings. The van der Waals surface area contributed by atoms with Gasteiger partial charge in [-0.05, 0) is 38.0 Å². The van der Waals surface area contributed by atoms with Crippen LogP contribution in [0.1, 0.15) is 36.2 Å². The normalized spacial score (nSPS) is 12.0. The molecule has 0 aromatic heterocycles. The second-order valence-corrected chi connectivity index (χ2v) is 6.42. The van der Waals surface area contributed by atoms with E-state index in [1.165, 1.54) is 0 Å². The van der Waals surface area contributed by atoms with Crippen molar-refractivity contribution in [1.29, 1.82) is 0 Å². The summed E-state index contributed by atoms with van der Waals surface area (Å²) in [5, 5.41) is 9.12. The van der Waals surface area contributed by atoms with Crippen LogP contribution >= 0.6 is 15.9 Å². The Kier molecular flexibility index (Phi) is 8.26. The van der Waals surface area contributed by atoms with Crippen LogP contribution in [0.4, 0.5) is 0 Å². The van der Waals surface area contributed by atoms with Gasteiger partial charge in [0.05, 0.1) is 5.92 Å². The van der Waals surface area contributed by atoms with E-state index in [1.807, 2.05) is 26.0 Å². The maximum Gasteiger partial charge on any atom is 0.308 e. The third-order valence-electron chi connectivity index (χ3n) is 3.55. The summed E-state index contributed by atoms with van der Waals surface area (Å²) in [6.45, 7) is 7.25. The SMILES string of the molecule is CCOCCCN(CC(C)C(=O)O)C(=O)c1cc(Br)ccc1C. The third-order valence-corrected chi connectivity index (χ3v) is 4.05. The van der Waals surface area contributed by atoms with Gasteiger partial charge in [-0.1, -0.05) is 28.9 Å². The van der Waals surface area contributed by atoms with Gasteiger partial charge in [-0.25, -0.2) is 0 Å². The number of aliphatic carboxylic acids is 1. The maximum absolute atomic E-state index is 12.8. The Morgan fingerprint density at radius 2 is 2.09 bits per heavy atom. The van der Waals surface area contributed by atoms with Crippen LogP contribution < -0.4 is 0 Å². The van der Waals surface area contributed by atoms with Crippen molar-refractivity contribution in [2.45, 2.75) is 27.2 Å². The highest BCUT2D eigenvalue weighted by Crippen LogP contribution is 2.18. The smallest absolute Gasteiger partial charge is 0.308 e. The number of amides is 1. The summed E-state index contributed by atoms with van der Waals surface area (Å²) in [6.07, 6.45) is 0.680. The summed E-state index contributed by atoms with van der Waals surface area (Å²) in [5.41, 5.74) is 1.46. The highest BCUT2D eigenvalue weighted by atomic mass is 79.9. The lowest BCUT2D eigenvalue weighted by Crippen LogP contribution is -2.38. The lowest BCUT2D eigenvalue weighted by Gasteiger charge is -2.25. The molecule has 0 aliphatic rings. The van der Waals surface area contributed by atoms with Gasteiger partial charge >= 0.3 is 5.97 Å². The van der Waals surface area contributed by atoms with Crippen molar-refractivity contribution < 1.29 is 19.4 Å². The maximum atomic E-state index is 12.8. The molecule has 1 atom stereocenters. The number of rotatable bonds is 9. The molecule has 5 nitrogen and oxygen atoms in total. The first kappa shape index (κ1) is 19.6. The zero-order chi connectivity index (χ0) is 17.4. The van der Waals surface area contributed by atoms with Crippen molar-refractivity contribution in [3.63, 3.8) is 0 Å². The molecule has 0 aliphatic heterocycles. The zero-order valence-corrected chi connectivity index (χ0v) is 15.4. The molecule has 0 fully saturated rings. The van der Waals surface area contributed by atoms with Crippen LogP contribution in [0.2, 0.25) is 0 Å². The number of aryl methyl sites for hydroxylation is 1. The number of halogens is 1. The van der Waals surface area contributed by atoms with Gasteiger partial charge in [-0.3, -0.25) is 9.59 Å².